The summed E-state index contributed by atoms with van der Waals surface area (Å²) in [6.45, 7) is 0.404. The number of non-ortho nitro benzene ring substituents is 1. The maximum atomic E-state index is 12.0. The fourth-order valence-electron chi connectivity index (χ4n) is 6.44. The van der Waals surface area contributed by atoms with E-state index in [1.807, 2.05) is 6.07 Å². The smallest absolute Gasteiger partial charge is 0.450 e. The number of carbonyl (C=O) groups excluding carboxylic acids is 1. The predicted molar refractivity (Wildman–Crippen MR) is 122 cm³/mol. The molecule has 174 valence electrons. The number of benzene rings is 2. The Morgan fingerprint density at radius 2 is 1.42 bits per heavy atom. The van der Waals surface area contributed by atoms with E-state index in [9.17, 15) is 19.7 Å². The summed E-state index contributed by atoms with van der Waals surface area (Å²) < 4.78 is 4.70. The van der Waals surface area contributed by atoms with Gasteiger partial charge in [0.05, 0.1) is 11.5 Å². The second-order valence-electron chi connectivity index (χ2n) is 9.78. The van der Waals surface area contributed by atoms with Crippen LogP contribution in [0.4, 0.5) is 10.5 Å². The van der Waals surface area contributed by atoms with Gasteiger partial charge in [0.15, 0.2) is 5.78 Å². The number of nitro benzene ring substituents is 1. The number of rotatable bonds is 6. The Kier molecular flexibility index (Phi) is 6.77. The van der Waals surface area contributed by atoms with Crippen molar-refractivity contribution in [3.63, 3.8) is 0 Å². The van der Waals surface area contributed by atoms with Crippen LogP contribution in [0.3, 0.4) is 0 Å². The summed E-state index contributed by atoms with van der Waals surface area (Å²) in [6.07, 6.45) is 8.18. The Balaban J connectivity index is 0.000000157. The first-order valence-corrected chi connectivity index (χ1v) is 11.5. The van der Waals surface area contributed by atoms with E-state index in [0.717, 1.165) is 24.2 Å². The predicted octanol–water partition coefficient (Wildman–Crippen LogP) is 6.11. The van der Waals surface area contributed by atoms with Gasteiger partial charge in [0.25, 0.3) is 5.69 Å². The zero-order chi connectivity index (χ0) is 23.4. The summed E-state index contributed by atoms with van der Waals surface area (Å²) in [6, 6.07) is 14.4. The molecule has 4 aliphatic rings. The molecule has 0 heterocycles. The van der Waals surface area contributed by atoms with Gasteiger partial charge in [-0.25, -0.2) is 4.79 Å². The van der Waals surface area contributed by atoms with E-state index in [0.29, 0.717) is 23.1 Å². The minimum Gasteiger partial charge on any atom is -0.450 e. The molecule has 0 amide bonds. The van der Waals surface area contributed by atoms with Crippen molar-refractivity contribution >= 4 is 17.6 Å². The molecule has 7 nitrogen and oxygen atoms in total. The maximum absolute atomic E-state index is 12.0. The lowest BCUT2D eigenvalue weighted by molar-refractivity contribution is -0.384. The van der Waals surface area contributed by atoms with E-state index in [-0.39, 0.29) is 11.5 Å². The van der Waals surface area contributed by atoms with Crippen molar-refractivity contribution in [2.75, 3.05) is 6.61 Å². The molecule has 2 aromatic carbocycles. The SMILES string of the molecule is O=C(O)OCCC12CC3CC(CC(C3)C1)C2.O=C(c1ccccc1)c1ccc([N+](=O)[O-])cc1. The summed E-state index contributed by atoms with van der Waals surface area (Å²) in [5.74, 6) is 2.68. The van der Waals surface area contributed by atoms with Crippen LogP contribution >= 0.6 is 0 Å². The van der Waals surface area contributed by atoms with Crippen molar-refractivity contribution in [1.29, 1.82) is 0 Å². The Hall–Kier alpha value is -3.22. The van der Waals surface area contributed by atoms with E-state index in [1.54, 1.807) is 24.3 Å². The highest BCUT2D eigenvalue weighted by Gasteiger charge is 2.50. The van der Waals surface area contributed by atoms with Crippen molar-refractivity contribution in [2.45, 2.75) is 44.9 Å². The molecular formula is C26H29NO6. The number of nitro groups is 1. The van der Waals surface area contributed by atoms with Gasteiger partial charge < -0.3 is 9.84 Å². The van der Waals surface area contributed by atoms with Gasteiger partial charge >= 0.3 is 6.16 Å². The maximum Gasteiger partial charge on any atom is 0.505 e. The fraction of sp³-hybridized carbons (Fsp3) is 0.462. The molecule has 2 aromatic rings. The Labute approximate surface area is 192 Å². The zero-order valence-electron chi connectivity index (χ0n) is 18.5. The third-order valence-electron chi connectivity index (χ3n) is 7.40. The Bertz CT molecular complexity index is 966. The highest BCUT2D eigenvalue weighted by molar-refractivity contribution is 6.09. The van der Waals surface area contributed by atoms with E-state index >= 15 is 0 Å². The van der Waals surface area contributed by atoms with Crippen molar-refractivity contribution < 1.29 is 24.4 Å². The average molecular weight is 452 g/mol. The lowest BCUT2D eigenvalue weighted by Crippen LogP contribution is -2.46. The lowest BCUT2D eigenvalue weighted by Gasteiger charge is -2.57. The van der Waals surface area contributed by atoms with Crippen LogP contribution in [0.2, 0.25) is 0 Å². The third-order valence-corrected chi connectivity index (χ3v) is 7.40. The van der Waals surface area contributed by atoms with Gasteiger partial charge in [-0.05, 0) is 80.2 Å². The highest BCUT2D eigenvalue weighted by Crippen LogP contribution is 2.61. The van der Waals surface area contributed by atoms with Gasteiger partial charge in [0.1, 0.15) is 0 Å². The molecule has 0 aromatic heterocycles. The lowest BCUT2D eigenvalue weighted by atomic mass is 9.49. The third kappa shape index (κ3) is 5.59. The van der Waals surface area contributed by atoms with Crippen LogP contribution in [0.5, 0.6) is 0 Å². The van der Waals surface area contributed by atoms with Crippen LogP contribution in [0.1, 0.15) is 60.9 Å². The fourth-order valence-corrected chi connectivity index (χ4v) is 6.44. The molecule has 4 fully saturated rings. The summed E-state index contributed by atoms with van der Waals surface area (Å²) >= 11 is 0. The summed E-state index contributed by atoms with van der Waals surface area (Å²) in [5, 5.41) is 19.0. The largest absolute Gasteiger partial charge is 0.505 e. The van der Waals surface area contributed by atoms with Crippen LogP contribution in [0.15, 0.2) is 54.6 Å². The second-order valence-corrected chi connectivity index (χ2v) is 9.78. The van der Waals surface area contributed by atoms with Gasteiger partial charge in [0.2, 0.25) is 0 Å². The normalized spacial score (nSPS) is 26.7. The number of ether oxygens (including phenoxy) is 1. The molecule has 7 heteroatoms. The van der Waals surface area contributed by atoms with Crippen LogP contribution in [-0.2, 0) is 4.74 Å². The first kappa shape index (κ1) is 23.0. The summed E-state index contributed by atoms with van der Waals surface area (Å²) in [4.78, 5) is 32.3. The van der Waals surface area contributed by atoms with Crippen molar-refractivity contribution in [3.8, 4) is 0 Å². The molecule has 4 saturated carbocycles. The molecule has 0 unspecified atom stereocenters. The first-order valence-electron chi connectivity index (χ1n) is 11.5. The molecule has 0 aliphatic heterocycles. The van der Waals surface area contributed by atoms with Gasteiger partial charge in [-0.2, -0.15) is 0 Å². The van der Waals surface area contributed by atoms with Crippen molar-refractivity contribution in [3.05, 3.63) is 75.8 Å². The molecule has 1 N–H and O–H groups in total. The number of ketones is 1. The topological polar surface area (TPSA) is 107 Å². The number of hydrogen-bond acceptors (Lipinski definition) is 5. The van der Waals surface area contributed by atoms with Crippen molar-refractivity contribution in [1.82, 2.24) is 0 Å². The number of carbonyl (C=O) groups is 2. The molecule has 4 aliphatic carbocycles. The van der Waals surface area contributed by atoms with E-state index in [1.165, 1.54) is 62.8 Å². The van der Waals surface area contributed by atoms with Crippen LogP contribution in [0.25, 0.3) is 0 Å². The Morgan fingerprint density at radius 1 is 0.909 bits per heavy atom. The van der Waals surface area contributed by atoms with Crippen LogP contribution in [0, 0.1) is 33.3 Å². The minimum atomic E-state index is -1.12. The molecule has 0 radical (unpaired) electrons. The van der Waals surface area contributed by atoms with E-state index < -0.39 is 11.1 Å². The molecule has 6 rings (SSSR count). The van der Waals surface area contributed by atoms with Crippen LogP contribution < -0.4 is 0 Å². The van der Waals surface area contributed by atoms with Crippen LogP contribution in [-0.4, -0.2) is 28.6 Å². The second kappa shape index (κ2) is 9.73. The number of carboxylic acid groups (broad SMARTS) is 1. The summed E-state index contributed by atoms with van der Waals surface area (Å²) in [7, 11) is 0. The summed E-state index contributed by atoms with van der Waals surface area (Å²) in [5.41, 5.74) is 1.45. The van der Waals surface area contributed by atoms with Gasteiger partial charge in [0, 0.05) is 23.3 Å². The van der Waals surface area contributed by atoms with Crippen molar-refractivity contribution in [2.24, 2.45) is 23.2 Å². The monoisotopic (exact) mass is 451 g/mol. The standard InChI is InChI=1S/C13H9NO3.C13H20O3/c15-13(10-4-2-1-3-5-10)11-6-8-12(9-7-11)14(16)17;14-12(15)16-2-1-13-6-9-3-10(7-13)5-11(4-9)8-13/h1-9H;9-11H,1-8H2,(H,14,15). The molecule has 4 bridgehead atoms. The number of nitrogens with zero attached hydrogens (tertiary/aromatic N) is 1. The van der Waals surface area contributed by atoms with E-state index in [2.05, 4.69) is 0 Å². The van der Waals surface area contributed by atoms with Gasteiger partial charge in [-0.1, -0.05) is 30.3 Å². The van der Waals surface area contributed by atoms with Gasteiger partial charge in [-0.15, -0.1) is 0 Å². The van der Waals surface area contributed by atoms with E-state index in [4.69, 9.17) is 9.84 Å². The molecule has 33 heavy (non-hydrogen) atoms. The highest BCUT2D eigenvalue weighted by atomic mass is 16.7. The quantitative estimate of drug-likeness (QED) is 0.246. The zero-order valence-corrected chi connectivity index (χ0v) is 18.5. The number of hydrogen-bond donors (Lipinski definition) is 1. The molecular weight excluding hydrogens is 422 g/mol. The average Bonchev–Trinajstić information content (AvgIpc) is 2.78. The minimum absolute atomic E-state index is 0.0189. The first-order chi connectivity index (χ1) is 15.8. The molecule has 0 saturated heterocycles. The molecule has 0 atom stereocenters. The Morgan fingerprint density at radius 3 is 1.91 bits per heavy atom. The van der Waals surface area contributed by atoms with Gasteiger partial charge in [-0.3, -0.25) is 14.9 Å². The molecule has 0 spiro atoms.